The Hall–Kier alpha value is -9.26. The van der Waals surface area contributed by atoms with Gasteiger partial charge in [-0.05, 0) is 188 Å². The molecule has 0 radical (unpaired) electrons. The van der Waals surface area contributed by atoms with E-state index in [2.05, 4.69) is 221 Å². The fraction of sp³-hybridized carbons (Fsp3) is 0.127. The summed E-state index contributed by atoms with van der Waals surface area (Å²) in [5.41, 5.74) is 26.7. The smallest absolute Gasteiger partial charge is 0.227 e. The molecule has 12 aromatic rings. The summed E-state index contributed by atoms with van der Waals surface area (Å²) < 4.78 is 12.5. The molecule has 0 fully saturated rings. The van der Waals surface area contributed by atoms with Gasteiger partial charge in [0.05, 0.1) is 0 Å². The van der Waals surface area contributed by atoms with Gasteiger partial charge >= 0.3 is 0 Å². The molecule has 6 heteroatoms. The van der Waals surface area contributed by atoms with Crippen LogP contribution in [-0.2, 0) is 16.2 Å². The Bertz CT molecular complexity index is 4040. The maximum Gasteiger partial charge on any atom is 0.227 e. The first-order valence-electron chi connectivity index (χ1n) is 26.7. The van der Waals surface area contributed by atoms with Crippen molar-refractivity contribution in [1.82, 2.24) is 9.97 Å². The summed E-state index contributed by atoms with van der Waals surface area (Å²) in [7, 11) is 0. The maximum atomic E-state index is 6.24. The van der Waals surface area contributed by atoms with Gasteiger partial charge in [-0.2, -0.15) is 0 Å². The van der Waals surface area contributed by atoms with Gasteiger partial charge in [0.25, 0.3) is 0 Å². The number of benzene rings is 10. The van der Waals surface area contributed by atoms with E-state index >= 15 is 0 Å². The molecular formula is C71H54N4O2. The van der Waals surface area contributed by atoms with E-state index in [9.17, 15) is 0 Å². The number of nitrogens with zero attached hydrogens (tertiary/aromatic N) is 4. The molecule has 0 atom stereocenters. The molecule has 77 heavy (non-hydrogen) atoms. The summed E-state index contributed by atoms with van der Waals surface area (Å²) in [6.07, 6.45) is 0. The van der Waals surface area contributed by atoms with E-state index in [4.69, 9.17) is 18.8 Å². The zero-order valence-electron chi connectivity index (χ0n) is 43.9. The van der Waals surface area contributed by atoms with E-state index < -0.39 is 0 Å². The maximum absolute atomic E-state index is 6.24. The Morgan fingerprint density at radius 1 is 0.286 bits per heavy atom. The summed E-state index contributed by atoms with van der Waals surface area (Å²) >= 11 is 0. The molecule has 3 aliphatic carbocycles. The van der Waals surface area contributed by atoms with Crippen LogP contribution in [0.15, 0.2) is 227 Å². The zero-order chi connectivity index (χ0) is 52.0. The quantitative estimate of drug-likeness (QED) is 0.151. The van der Waals surface area contributed by atoms with Crippen LogP contribution in [0.1, 0.15) is 74.9 Å². The lowest BCUT2D eigenvalue weighted by Gasteiger charge is -2.30. The Labute approximate surface area is 448 Å². The lowest BCUT2D eigenvalue weighted by Crippen LogP contribution is -2.18. The zero-order valence-corrected chi connectivity index (χ0v) is 43.9. The summed E-state index contributed by atoms with van der Waals surface area (Å²) in [6, 6.07) is 79.1. The van der Waals surface area contributed by atoms with Gasteiger partial charge in [0.1, 0.15) is 11.0 Å². The minimum absolute atomic E-state index is 0.104. The Morgan fingerprint density at radius 3 is 1.04 bits per heavy atom. The number of anilines is 6. The predicted octanol–water partition coefficient (Wildman–Crippen LogP) is 19.2. The molecule has 0 saturated carbocycles. The lowest BCUT2D eigenvalue weighted by atomic mass is 9.82. The van der Waals surface area contributed by atoms with Crippen LogP contribution in [0.2, 0.25) is 0 Å². The van der Waals surface area contributed by atoms with E-state index in [1.54, 1.807) is 0 Å². The molecule has 370 valence electrons. The molecule has 15 rings (SSSR count). The number of para-hydroxylation sites is 4. The van der Waals surface area contributed by atoms with E-state index in [1.165, 1.54) is 66.8 Å². The first-order chi connectivity index (χ1) is 37.4. The topological polar surface area (TPSA) is 58.5 Å². The Balaban J connectivity index is 0.841. The fourth-order valence-corrected chi connectivity index (χ4v) is 13.1. The summed E-state index contributed by atoms with van der Waals surface area (Å²) in [6.45, 7) is 14.1. The van der Waals surface area contributed by atoms with Crippen LogP contribution in [0.5, 0.6) is 0 Å². The third-order valence-corrected chi connectivity index (χ3v) is 17.1. The average Bonchev–Trinajstić information content (AvgIpc) is 4.43. The van der Waals surface area contributed by atoms with Gasteiger partial charge in [0.15, 0.2) is 11.2 Å². The van der Waals surface area contributed by atoms with Crippen molar-refractivity contribution in [2.75, 3.05) is 9.80 Å². The second kappa shape index (κ2) is 16.4. The predicted molar refractivity (Wildman–Crippen MR) is 315 cm³/mol. The molecular weight excluding hydrogens is 941 g/mol. The van der Waals surface area contributed by atoms with Crippen LogP contribution < -0.4 is 9.80 Å². The Morgan fingerprint density at radius 2 is 0.610 bits per heavy atom. The lowest BCUT2D eigenvalue weighted by molar-refractivity contribution is 0.619. The van der Waals surface area contributed by atoms with Gasteiger partial charge in [0, 0.05) is 61.5 Å². The van der Waals surface area contributed by atoms with Gasteiger partial charge in [-0.25, -0.2) is 9.97 Å². The highest BCUT2D eigenvalue weighted by atomic mass is 16.4. The highest BCUT2D eigenvalue weighted by molar-refractivity contribution is 5.92. The van der Waals surface area contributed by atoms with E-state index in [1.807, 2.05) is 48.5 Å². The van der Waals surface area contributed by atoms with E-state index in [-0.39, 0.29) is 16.2 Å². The molecule has 6 nitrogen and oxygen atoms in total. The molecule has 0 N–H and O–H groups in total. The minimum Gasteiger partial charge on any atom is -0.436 e. The van der Waals surface area contributed by atoms with Crippen LogP contribution >= 0.6 is 0 Å². The van der Waals surface area contributed by atoms with Crippen molar-refractivity contribution >= 4 is 56.3 Å². The molecule has 2 aromatic heterocycles. The first-order valence-corrected chi connectivity index (χ1v) is 26.7. The van der Waals surface area contributed by atoms with Crippen LogP contribution in [0.3, 0.4) is 0 Å². The van der Waals surface area contributed by atoms with E-state index in [0.717, 1.165) is 67.5 Å². The second-order valence-corrected chi connectivity index (χ2v) is 22.6. The standard InChI is InChI=1S/C71H54N4O2/c1-69(2)57-17-9-7-15-51(57)55-39-47(33-37-59(55)69)74(45-27-23-43(24-28-45)67-72-63-19-11-13-21-65(63)76-67)49-31-35-53-54-36-32-50(42-62(54)71(5,6)61(53)41-49)75(46-29-25-44(26-30-46)68-73-64-20-12-14-22-66(64)77-68)48-34-38-60-56(40-48)52-16-8-10-18-58(52)70(60,3)4/h7-42H,1-6H3. The monoisotopic (exact) mass is 994 g/mol. The van der Waals surface area contributed by atoms with Crippen molar-refractivity contribution in [1.29, 1.82) is 0 Å². The third-order valence-electron chi connectivity index (χ3n) is 17.1. The normalized spacial score (nSPS) is 14.7. The molecule has 0 aliphatic heterocycles. The Kier molecular flexibility index (Phi) is 9.60. The molecule has 3 aliphatic rings. The van der Waals surface area contributed by atoms with Crippen LogP contribution in [0.25, 0.3) is 78.5 Å². The average molecular weight is 995 g/mol. The summed E-state index contributed by atoms with van der Waals surface area (Å²) in [5.74, 6) is 1.22. The van der Waals surface area contributed by atoms with Crippen LogP contribution in [-0.4, -0.2) is 9.97 Å². The molecule has 10 aromatic carbocycles. The molecule has 0 saturated heterocycles. The van der Waals surface area contributed by atoms with Gasteiger partial charge in [0.2, 0.25) is 11.8 Å². The third kappa shape index (κ3) is 6.81. The largest absolute Gasteiger partial charge is 0.436 e. The molecule has 0 amide bonds. The molecule has 2 heterocycles. The molecule has 0 bridgehead atoms. The van der Waals surface area contributed by atoms with Gasteiger partial charge < -0.3 is 18.6 Å². The fourth-order valence-electron chi connectivity index (χ4n) is 13.1. The number of hydrogen-bond acceptors (Lipinski definition) is 6. The van der Waals surface area contributed by atoms with Gasteiger partial charge in [-0.15, -0.1) is 0 Å². The van der Waals surface area contributed by atoms with E-state index in [0.29, 0.717) is 11.8 Å². The van der Waals surface area contributed by atoms with Crippen molar-refractivity contribution in [2.45, 2.75) is 57.8 Å². The van der Waals surface area contributed by atoms with Crippen LogP contribution in [0, 0.1) is 0 Å². The van der Waals surface area contributed by atoms with Gasteiger partial charge in [-0.3, -0.25) is 0 Å². The summed E-state index contributed by atoms with van der Waals surface area (Å²) in [4.78, 5) is 14.5. The summed E-state index contributed by atoms with van der Waals surface area (Å²) in [5, 5.41) is 0. The number of fused-ring (bicyclic) bond motifs is 11. The SMILES string of the molecule is CC1(C)c2ccccc2-c2cc(N(c3ccc(-c4nc5ccccc5o4)cc3)c3ccc4c(c3)C(C)(C)c3cc(N(c5ccc(-c6nc7ccccc7o6)cc5)c5ccc6c(c5)-c5ccccc5C6(C)C)ccc3-4)ccc21. The van der Waals surface area contributed by atoms with Crippen molar-refractivity contribution in [3.8, 4) is 56.3 Å². The number of aromatic nitrogens is 2. The highest BCUT2D eigenvalue weighted by Crippen LogP contribution is 2.56. The van der Waals surface area contributed by atoms with Crippen molar-refractivity contribution < 1.29 is 8.83 Å². The first kappa shape index (κ1) is 45.2. The molecule has 0 spiro atoms. The number of oxazole rings is 2. The van der Waals surface area contributed by atoms with Crippen LogP contribution in [0.4, 0.5) is 34.1 Å². The minimum atomic E-state index is -0.344. The highest BCUT2D eigenvalue weighted by Gasteiger charge is 2.40. The van der Waals surface area contributed by atoms with Gasteiger partial charge in [-0.1, -0.05) is 139 Å². The second-order valence-electron chi connectivity index (χ2n) is 22.6. The van der Waals surface area contributed by atoms with Crippen molar-refractivity contribution in [3.05, 3.63) is 252 Å². The number of hydrogen-bond donors (Lipinski definition) is 0. The molecule has 0 unspecified atom stereocenters. The number of rotatable bonds is 8. The van der Waals surface area contributed by atoms with Crippen molar-refractivity contribution in [2.24, 2.45) is 0 Å². The van der Waals surface area contributed by atoms with Crippen molar-refractivity contribution in [3.63, 3.8) is 0 Å².